The van der Waals surface area contributed by atoms with Crippen molar-refractivity contribution < 1.29 is 13.7 Å². The monoisotopic (exact) mass is 195 g/mol. The van der Waals surface area contributed by atoms with Crippen LogP contribution in [0, 0.1) is 22.9 Å². The second kappa shape index (κ2) is 2.80. The Morgan fingerprint density at radius 3 is 2.79 bits per heavy atom. The predicted octanol–water partition coefficient (Wildman–Crippen LogP) is 2.79. The molecule has 1 aromatic heterocycles. The van der Waals surface area contributed by atoms with E-state index in [1.807, 2.05) is 0 Å². The summed E-state index contributed by atoms with van der Waals surface area (Å²) in [6.07, 6.45) is 0. The molecule has 0 fully saturated rings. The number of fused-ring (bicyclic) bond motifs is 1. The SMILES string of the molecule is Cc1cc2cc([N+](=O)[O-])c(F)cc2o1. The number of rotatable bonds is 1. The van der Waals surface area contributed by atoms with E-state index in [1.54, 1.807) is 13.0 Å². The van der Waals surface area contributed by atoms with Crippen LogP contribution >= 0.6 is 0 Å². The van der Waals surface area contributed by atoms with Gasteiger partial charge in [0.05, 0.1) is 4.92 Å². The second-order valence-corrected chi connectivity index (χ2v) is 2.96. The molecule has 0 amide bonds. The Hall–Kier alpha value is -1.91. The number of benzene rings is 1. The summed E-state index contributed by atoms with van der Waals surface area (Å²) < 4.78 is 18.2. The molecular formula is C9H6FNO3. The van der Waals surface area contributed by atoms with E-state index in [9.17, 15) is 14.5 Å². The third-order valence-corrected chi connectivity index (χ3v) is 1.91. The van der Waals surface area contributed by atoms with Crippen molar-refractivity contribution in [3.63, 3.8) is 0 Å². The van der Waals surface area contributed by atoms with Gasteiger partial charge in [0, 0.05) is 17.5 Å². The van der Waals surface area contributed by atoms with E-state index in [1.165, 1.54) is 6.07 Å². The van der Waals surface area contributed by atoms with E-state index in [-0.39, 0.29) is 0 Å². The number of aryl methyl sites for hydroxylation is 1. The highest BCUT2D eigenvalue weighted by atomic mass is 19.1. The Labute approximate surface area is 78.1 Å². The van der Waals surface area contributed by atoms with Crippen molar-refractivity contribution in [3.8, 4) is 0 Å². The minimum atomic E-state index is -0.878. The Kier molecular flexibility index (Phi) is 1.73. The molecule has 0 aliphatic heterocycles. The second-order valence-electron chi connectivity index (χ2n) is 2.96. The average molecular weight is 195 g/mol. The summed E-state index contributed by atoms with van der Waals surface area (Å²) >= 11 is 0. The molecular weight excluding hydrogens is 189 g/mol. The fourth-order valence-corrected chi connectivity index (χ4v) is 1.32. The molecule has 1 heterocycles. The van der Waals surface area contributed by atoms with Crippen LogP contribution in [0.5, 0.6) is 0 Å². The van der Waals surface area contributed by atoms with Gasteiger partial charge in [0.2, 0.25) is 5.82 Å². The molecule has 2 aromatic rings. The zero-order valence-corrected chi connectivity index (χ0v) is 7.28. The molecule has 0 bridgehead atoms. The zero-order chi connectivity index (χ0) is 10.3. The van der Waals surface area contributed by atoms with Crippen LogP contribution in [-0.2, 0) is 0 Å². The van der Waals surface area contributed by atoms with Crippen molar-refractivity contribution >= 4 is 16.7 Å². The fourth-order valence-electron chi connectivity index (χ4n) is 1.32. The van der Waals surface area contributed by atoms with Crippen molar-refractivity contribution in [1.82, 2.24) is 0 Å². The number of nitro groups is 1. The summed E-state index contributed by atoms with van der Waals surface area (Å²) in [4.78, 5) is 9.65. The van der Waals surface area contributed by atoms with Crippen molar-refractivity contribution in [3.05, 3.63) is 39.9 Å². The van der Waals surface area contributed by atoms with Gasteiger partial charge in [0.1, 0.15) is 11.3 Å². The molecule has 0 saturated carbocycles. The molecule has 4 nitrogen and oxygen atoms in total. The summed E-state index contributed by atoms with van der Waals surface area (Å²) in [5.74, 6) is -0.281. The van der Waals surface area contributed by atoms with Gasteiger partial charge >= 0.3 is 5.69 Å². The van der Waals surface area contributed by atoms with E-state index in [0.717, 1.165) is 6.07 Å². The Morgan fingerprint density at radius 2 is 2.14 bits per heavy atom. The molecule has 0 unspecified atom stereocenters. The predicted molar refractivity (Wildman–Crippen MR) is 47.6 cm³/mol. The number of hydrogen-bond donors (Lipinski definition) is 0. The third-order valence-electron chi connectivity index (χ3n) is 1.91. The normalized spacial score (nSPS) is 10.7. The maximum absolute atomic E-state index is 13.1. The first-order valence-electron chi connectivity index (χ1n) is 3.92. The summed E-state index contributed by atoms with van der Waals surface area (Å²) in [5, 5.41) is 10.9. The van der Waals surface area contributed by atoms with Crippen LogP contribution in [0.2, 0.25) is 0 Å². The first-order valence-corrected chi connectivity index (χ1v) is 3.92. The molecule has 0 aliphatic carbocycles. The molecule has 0 saturated heterocycles. The lowest BCUT2D eigenvalue weighted by Gasteiger charge is -1.92. The van der Waals surface area contributed by atoms with E-state index in [2.05, 4.69) is 0 Å². The number of nitrogens with zero attached hydrogens (tertiary/aromatic N) is 1. The minimum Gasteiger partial charge on any atom is -0.461 e. The van der Waals surface area contributed by atoms with E-state index in [4.69, 9.17) is 4.42 Å². The number of halogens is 1. The van der Waals surface area contributed by atoms with Crippen molar-refractivity contribution in [2.75, 3.05) is 0 Å². The van der Waals surface area contributed by atoms with Crippen molar-refractivity contribution in [2.45, 2.75) is 6.92 Å². The highest BCUT2D eigenvalue weighted by Gasteiger charge is 2.16. The van der Waals surface area contributed by atoms with Gasteiger partial charge in [-0.2, -0.15) is 4.39 Å². The van der Waals surface area contributed by atoms with Crippen LogP contribution in [0.25, 0.3) is 11.0 Å². The molecule has 0 N–H and O–H groups in total. The van der Waals surface area contributed by atoms with Crippen molar-refractivity contribution in [1.29, 1.82) is 0 Å². The fraction of sp³-hybridized carbons (Fsp3) is 0.111. The lowest BCUT2D eigenvalue weighted by Crippen LogP contribution is -1.91. The molecule has 2 rings (SSSR count). The van der Waals surface area contributed by atoms with Gasteiger partial charge in [-0.3, -0.25) is 10.1 Å². The summed E-state index contributed by atoms with van der Waals surface area (Å²) in [6, 6.07) is 3.82. The first-order chi connectivity index (χ1) is 6.58. The smallest absolute Gasteiger partial charge is 0.305 e. The quantitative estimate of drug-likeness (QED) is 0.519. The van der Waals surface area contributed by atoms with E-state index >= 15 is 0 Å². The van der Waals surface area contributed by atoms with Gasteiger partial charge < -0.3 is 4.42 Å². The van der Waals surface area contributed by atoms with Crippen LogP contribution in [0.4, 0.5) is 10.1 Å². The number of hydrogen-bond acceptors (Lipinski definition) is 3. The molecule has 0 spiro atoms. The Balaban J connectivity index is 2.76. The molecule has 0 atom stereocenters. The van der Waals surface area contributed by atoms with Crippen LogP contribution < -0.4 is 0 Å². The molecule has 1 aromatic carbocycles. The molecule has 0 aliphatic rings. The van der Waals surface area contributed by atoms with Crippen LogP contribution in [0.1, 0.15) is 5.76 Å². The highest BCUT2D eigenvalue weighted by Crippen LogP contribution is 2.26. The zero-order valence-electron chi connectivity index (χ0n) is 7.28. The van der Waals surface area contributed by atoms with Crippen molar-refractivity contribution in [2.24, 2.45) is 0 Å². The first kappa shape index (κ1) is 8.68. The third kappa shape index (κ3) is 1.22. The number of nitro benzene ring substituents is 1. The summed E-state index contributed by atoms with van der Waals surface area (Å²) in [5.41, 5.74) is -0.205. The largest absolute Gasteiger partial charge is 0.461 e. The van der Waals surface area contributed by atoms with E-state index in [0.29, 0.717) is 16.7 Å². The van der Waals surface area contributed by atoms with Gasteiger partial charge in [-0.1, -0.05) is 0 Å². The minimum absolute atomic E-state index is 0.325. The molecule has 5 heteroatoms. The highest BCUT2D eigenvalue weighted by molar-refractivity contribution is 5.80. The Bertz CT molecular complexity index is 518. The van der Waals surface area contributed by atoms with Crippen LogP contribution in [0.15, 0.2) is 22.6 Å². The van der Waals surface area contributed by atoms with Gasteiger partial charge in [-0.25, -0.2) is 0 Å². The number of furan rings is 1. The summed E-state index contributed by atoms with van der Waals surface area (Å²) in [6.45, 7) is 1.70. The Morgan fingerprint density at radius 1 is 1.43 bits per heavy atom. The van der Waals surface area contributed by atoms with E-state index < -0.39 is 16.4 Å². The van der Waals surface area contributed by atoms with Crippen LogP contribution in [0.3, 0.4) is 0 Å². The van der Waals surface area contributed by atoms with Gasteiger partial charge in [0.25, 0.3) is 0 Å². The van der Waals surface area contributed by atoms with Gasteiger partial charge in [0.15, 0.2) is 0 Å². The van der Waals surface area contributed by atoms with Gasteiger partial charge in [-0.15, -0.1) is 0 Å². The summed E-state index contributed by atoms with van der Waals surface area (Å²) in [7, 11) is 0. The topological polar surface area (TPSA) is 56.3 Å². The average Bonchev–Trinajstić information content (AvgIpc) is 2.42. The molecule has 0 radical (unpaired) electrons. The standard InChI is InChI=1S/C9H6FNO3/c1-5-2-6-3-8(11(12)13)7(10)4-9(6)14-5/h2-4H,1H3. The lowest BCUT2D eigenvalue weighted by atomic mass is 10.2. The maximum Gasteiger partial charge on any atom is 0.305 e. The molecule has 72 valence electrons. The lowest BCUT2D eigenvalue weighted by molar-refractivity contribution is -0.387. The van der Waals surface area contributed by atoms with Gasteiger partial charge in [-0.05, 0) is 13.0 Å². The maximum atomic E-state index is 13.1. The molecule has 14 heavy (non-hydrogen) atoms. The van der Waals surface area contributed by atoms with Crippen LogP contribution in [-0.4, -0.2) is 4.92 Å².